The molecule has 20 heavy (non-hydrogen) atoms. The minimum absolute atomic E-state index is 0.0144. The maximum Gasteiger partial charge on any atom is 0.228 e. The zero-order valence-corrected chi connectivity index (χ0v) is 12.0. The number of rotatable bonds is 3. The highest BCUT2D eigenvalue weighted by atomic mass is 32.2. The van der Waals surface area contributed by atoms with Crippen LogP contribution in [0, 0.1) is 18.3 Å². The standard InChI is InChI=1S/C13H18N2O4S/c1-2-6-15(11-5-7-20(18,19)9-11)13(17)10-3-4-12(16)14-8-10/h1,10-11H,3-9H2,(H,14,16). The molecule has 2 fully saturated rings. The highest BCUT2D eigenvalue weighted by Gasteiger charge is 2.37. The second-order valence-corrected chi connectivity index (χ2v) is 7.50. The Kier molecular flexibility index (Phi) is 4.33. The van der Waals surface area contributed by atoms with Gasteiger partial charge < -0.3 is 10.2 Å². The minimum Gasteiger partial charge on any atom is -0.355 e. The number of nitrogens with zero attached hydrogens (tertiary/aromatic N) is 1. The van der Waals surface area contributed by atoms with Crippen LogP contribution in [0.4, 0.5) is 0 Å². The zero-order valence-electron chi connectivity index (χ0n) is 11.2. The number of hydrogen-bond acceptors (Lipinski definition) is 4. The highest BCUT2D eigenvalue weighted by molar-refractivity contribution is 7.91. The molecule has 110 valence electrons. The number of terminal acetylenes is 1. The van der Waals surface area contributed by atoms with Gasteiger partial charge in [-0.2, -0.15) is 0 Å². The molecule has 0 spiro atoms. The monoisotopic (exact) mass is 298 g/mol. The maximum atomic E-state index is 12.5. The molecule has 6 nitrogen and oxygen atoms in total. The third-order valence-corrected chi connectivity index (χ3v) is 5.56. The first-order valence-corrected chi connectivity index (χ1v) is 8.46. The number of piperidine rings is 1. The van der Waals surface area contributed by atoms with Crippen molar-refractivity contribution in [1.29, 1.82) is 0 Å². The average Bonchev–Trinajstić information content (AvgIpc) is 2.76. The molecule has 2 rings (SSSR count). The summed E-state index contributed by atoms with van der Waals surface area (Å²) in [5.74, 6) is 2.01. The smallest absolute Gasteiger partial charge is 0.228 e. The van der Waals surface area contributed by atoms with Crippen molar-refractivity contribution in [2.75, 3.05) is 24.6 Å². The fourth-order valence-corrected chi connectivity index (χ4v) is 4.42. The Labute approximate surface area is 118 Å². The predicted molar refractivity (Wildman–Crippen MR) is 73.3 cm³/mol. The Morgan fingerprint density at radius 3 is 2.70 bits per heavy atom. The second-order valence-electron chi connectivity index (χ2n) is 5.27. The molecule has 0 aromatic carbocycles. The van der Waals surface area contributed by atoms with E-state index in [1.807, 2.05) is 0 Å². The number of nitrogens with one attached hydrogen (secondary N) is 1. The van der Waals surface area contributed by atoms with Gasteiger partial charge in [-0.25, -0.2) is 8.42 Å². The number of amides is 2. The Morgan fingerprint density at radius 2 is 2.20 bits per heavy atom. The van der Waals surface area contributed by atoms with E-state index in [1.54, 1.807) is 0 Å². The van der Waals surface area contributed by atoms with Gasteiger partial charge in [-0.1, -0.05) is 5.92 Å². The van der Waals surface area contributed by atoms with E-state index in [0.717, 1.165) is 0 Å². The summed E-state index contributed by atoms with van der Waals surface area (Å²) >= 11 is 0. The molecule has 2 amide bonds. The van der Waals surface area contributed by atoms with Gasteiger partial charge in [-0.3, -0.25) is 9.59 Å². The van der Waals surface area contributed by atoms with E-state index in [0.29, 0.717) is 25.8 Å². The molecule has 0 aromatic rings. The van der Waals surface area contributed by atoms with Gasteiger partial charge in [-0.05, 0) is 12.8 Å². The molecule has 2 atom stereocenters. The van der Waals surface area contributed by atoms with Crippen LogP contribution in [-0.2, 0) is 19.4 Å². The summed E-state index contributed by atoms with van der Waals surface area (Å²) in [7, 11) is -3.06. The predicted octanol–water partition coefficient (Wildman–Crippen LogP) is -0.838. The zero-order chi connectivity index (χ0) is 14.8. The van der Waals surface area contributed by atoms with Crippen LogP contribution in [-0.4, -0.2) is 55.8 Å². The first-order valence-electron chi connectivity index (χ1n) is 6.64. The molecule has 2 saturated heterocycles. The summed E-state index contributed by atoms with van der Waals surface area (Å²) in [5.41, 5.74) is 0. The van der Waals surface area contributed by atoms with Gasteiger partial charge in [0.2, 0.25) is 11.8 Å². The van der Waals surface area contributed by atoms with Crippen molar-refractivity contribution >= 4 is 21.7 Å². The van der Waals surface area contributed by atoms with E-state index < -0.39 is 9.84 Å². The normalized spacial score (nSPS) is 28.4. The van der Waals surface area contributed by atoms with E-state index in [4.69, 9.17) is 6.42 Å². The largest absolute Gasteiger partial charge is 0.355 e. The van der Waals surface area contributed by atoms with Gasteiger partial charge in [0.25, 0.3) is 0 Å². The quantitative estimate of drug-likeness (QED) is 0.689. The van der Waals surface area contributed by atoms with Crippen LogP contribution in [0.3, 0.4) is 0 Å². The van der Waals surface area contributed by atoms with E-state index in [-0.39, 0.29) is 41.8 Å². The number of carbonyl (C=O) groups excluding carboxylic acids is 2. The van der Waals surface area contributed by atoms with E-state index >= 15 is 0 Å². The third kappa shape index (κ3) is 3.31. The minimum atomic E-state index is -3.06. The van der Waals surface area contributed by atoms with Crippen molar-refractivity contribution in [3.63, 3.8) is 0 Å². The second kappa shape index (κ2) is 5.83. The summed E-state index contributed by atoms with van der Waals surface area (Å²) < 4.78 is 23.1. The van der Waals surface area contributed by atoms with Crippen LogP contribution >= 0.6 is 0 Å². The average molecular weight is 298 g/mol. The Bertz CT molecular complexity index is 539. The Morgan fingerprint density at radius 1 is 1.45 bits per heavy atom. The highest BCUT2D eigenvalue weighted by Crippen LogP contribution is 2.22. The van der Waals surface area contributed by atoms with Crippen LogP contribution in [0.5, 0.6) is 0 Å². The van der Waals surface area contributed by atoms with Gasteiger partial charge >= 0.3 is 0 Å². The van der Waals surface area contributed by atoms with E-state index in [1.165, 1.54) is 4.90 Å². The lowest BCUT2D eigenvalue weighted by molar-refractivity contribution is -0.138. The molecule has 2 heterocycles. The van der Waals surface area contributed by atoms with Gasteiger partial charge in [0, 0.05) is 19.0 Å². The molecular formula is C13H18N2O4S. The molecule has 0 bridgehead atoms. The van der Waals surface area contributed by atoms with Crippen molar-refractivity contribution in [3.8, 4) is 12.3 Å². The van der Waals surface area contributed by atoms with Crippen LogP contribution in [0.1, 0.15) is 19.3 Å². The molecule has 0 radical (unpaired) electrons. The van der Waals surface area contributed by atoms with Gasteiger partial charge in [0.15, 0.2) is 9.84 Å². The Hall–Kier alpha value is -1.55. The molecule has 0 aromatic heterocycles. The Balaban J connectivity index is 2.07. The van der Waals surface area contributed by atoms with Crippen LogP contribution < -0.4 is 5.32 Å². The lowest BCUT2D eigenvalue weighted by Crippen LogP contribution is -2.49. The first-order chi connectivity index (χ1) is 9.43. The van der Waals surface area contributed by atoms with Crippen molar-refractivity contribution in [3.05, 3.63) is 0 Å². The summed E-state index contributed by atoms with van der Waals surface area (Å²) in [5, 5.41) is 2.66. The SMILES string of the molecule is C#CCN(C(=O)C1CCC(=O)NC1)C1CCS(=O)(=O)C1. The lowest BCUT2D eigenvalue weighted by Gasteiger charge is -2.31. The van der Waals surface area contributed by atoms with Crippen LogP contribution in [0.15, 0.2) is 0 Å². The lowest BCUT2D eigenvalue weighted by atomic mass is 9.97. The van der Waals surface area contributed by atoms with Crippen molar-refractivity contribution in [1.82, 2.24) is 10.2 Å². The summed E-state index contributed by atoms with van der Waals surface area (Å²) in [6, 6.07) is -0.332. The van der Waals surface area contributed by atoms with Crippen molar-refractivity contribution < 1.29 is 18.0 Å². The summed E-state index contributed by atoms with van der Waals surface area (Å²) in [4.78, 5) is 25.1. The van der Waals surface area contributed by atoms with Crippen molar-refractivity contribution in [2.45, 2.75) is 25.3 Å². The molecule has 7 heteroatoms. The summed E-state index contributed by atoms with van der Waals surface area (Å²) in [6.45, 7) is 0.418. The maximum absolute atomic E-state index is 12.5. The molecule has 2 aliphatic rings. The number of hydrogen-bond donors (Lipinski definition) is 1. The van der Waals surface area contributed by atoms with E-state index in [9.17, 15) is 18.0 Å². The number of carbonyl (C=O) groups is 2. The molecule has 1 N–H and O–H groups in total. The summed E-state index contributed by atoms with van der Waals surface area (Å²) in [6.07, 6.45) is 6.54. The fraction of sp³-hybridized carbons (Fsp3) is 0.692. The number of sulfone groups is 1. The van der Waals surface area contributed by atoms with Crippen LogP contribution in [0.25, 0.3) is 0 Å². The van der Waals surface area contributed by atoms with Gasteiger partial charge in [0.05, 0.1) is 24.0 Å². The van der Waals surface area contributed by atoms with Crippen LogP contribution in [0.2, 0.25) is 0 Å². The molecule has 2 unspecified atom stereocenters. The van der Waals surface area contributed by atoms with Gasteiger partial charge in [0.1, 0.15) is 0 Å². The van der Waals surface area contributed by atoms with Crippen molar-refractivity contribution in [2.24, 2.45) is 5.92 Å². The van der Waals surface area contributed by atoms with Gasteiger partial charge in [-0.15, -0.1) is 6.42 Å². The first kappa shape index (κ1) is 14.9. The molecule has 0 saturated carbocycles. The molecule has 2 aliphatic heterocycles. The molecular weight excluding hydrogens is 280 g/mol. The third-order valence-electron chi connectivity index (χ3n) is 3.81. The fourth-order valence-electron chi connectivity index (χ4n) is 2.68. The topological polar surface area (TPSA) is 83.6 Å². The molecule has 0 aliphatic carbocycles. The van der Waals surface area contributed by atoms with E-state index in [2.05, 4.69) is 11.2 Å².